The second-order valence-electron chi connectivity index (χ2n) is 5.68. The summed E-state index contributed by atoms with van der Waals surface area (Å²) in [5.41, 5.74) is 0. The summed E-state index contributed by atoms with van der Waals surface area (Å²) in [6, 6.07) is 22.2. The SMILES string of the molecule is C[P+](C)(P[P+](C)(C)c1ccccc1)c1ccccc1. The molecule has 0 aliphatic rings. The molecule has 0 unspecified atom stereocenters. The van der Waals surface area contributed by atoms with Gasteiger partial charge in [-0.3, -0.25) is 0 Å². The van der Waals surface area contributed by atoms with Crippen LogP contribution in [0.25, 0.3) is 0 Å². The number of hydrogen-bond acceptors (Lipinski definition) is 0. The van der Waals surface area contributed by atoms with Crippen LogP contribution < -0.4 is 10.6 Å². The highest BCUT2D eigenvalue weighted by molar-refractivity contribution is 8.65. The Balaban J connectivity index is 2.25. The van der Waals surface area contributed by atoms with Crippen LogP contribution >= 0.6 is 21.9 Å². The lowest BCUT2D eigenvalue weighted by Crippen LogP contribution is -2.09. The molecule has 0 aliphatic heterocycles. The van der Waals surface area contributed by atoms with Crippen molar-refractivity contribution in [3.05, 3.63) is 60.7 Å². The summed E-state index contributed by atoms with van der Waals surface area (Å²) in [7, 11) is 1.06. The van der Waals surface area contributed by atoms with E-state index in [1.165, 1.54) is 0 Å². The van der Waals surface area contributed by atoms with E-state index in [9.17, 15) is 0 Å². The van der Waals surface area contributed by atoms with Gasteiger partial charge in [0, 0.05) is 0 Å². The molecule has 0 N–H and O–H groups in total. The van der Waals surface area contributed by atoms with Crippen molar-refractivity contribution in [2.75, 3.05) is 26.7 Å². The Hall–Kier alpha value is -0.270. The Morgan fingerprint density at radius 2 is 0.895 bits per heavy atom. The summed E-state index contributed by atoms with van der Waals surface area (Å²) >= 11 is 0. The zero-order valence-corrected chi connectivity index (χ0v) is 15.0. The van der Waals surface area contributed by atoms with Crippen LogP contribution in [-0.2, 0) is 0 Å². The predicted octanol–water partition coefficient (Wildman–Crippen LogP) is 4.70. The number of hydrogen-bond donors (Lipinski definition) is 0. The fraction of sp³-hybridized carbons (Fsp3) is 0.250. The first-order valence-electron chi connectivity index (χ1n) is 6.50. The molecule has 0 radical (unpaired) electrons. The Morgan fingerprint density at radius 1 is 0.579 bits per heavy atom. The third kappa shape index (κ3) is 3.86. The number of benzene rings is 2. The molecule has 0 fully saturated rings. The second-order valence-corrected chi connectivity index (χ2v) is 21.8. The Labute approximate surface area is 120 Å². The van der Waals surface area contributed by atoms with Crippen molar-refractivity contribution >= 4 is 32.5 Å². The molecule has 3 heteroatoms. The van der Waals surface area contributed by atoms with Crippen LogP contribution in [0.5, 0.6) is 0 Å². The van der Waals surface area contributed by atoms with E-state index in [4.69, 9.17) is 0 Å². The minimum atomic E-state index is -1.00. The number of rotatable bonds is 4. The zero-order valence-electron chi connectivity index (χ0n) is 12.2. The monoisotopic (exact) mass is 308 g/mol. The molecule has 0 saturated carbocycles. The van der Waals surface area contributed by atoms with E-state index in [2.05, 4.69) is 87.3 Å². The maximum absolute atomic E-state index is 2.49. The molecule has 19 heavy (non-hydrogen) atoms. The van der Waals surface area contributed by atoms with Gasteiger partial charge >= 0.3 is 0 Å². The lowest BCUT2D eigenvalue weighted by Gasteiger charge is -2.23. The lowest BCUT2D eigenvalue weighted by atomic mass is 10.4. The van der Waals surface area contributed by atoms with Crippen LogP contribution in [0.15, 0.2) is 60.7 Å². The standard InChI is InChI=1S/C16H23P3/c1-18(2,15-11-7-5-8-12-15)17-19(3,4)16-13-9-6-10-14-16/h5-14,17H,1-4H3/q+2. The molecule has 0 saturated heterocycles. The smallest absolute Gasteiger partial charge is 0.0620 e. The fourth-order valence-electron chi connectivity index (χ4n) is 2.34. The Kier molecular flexibility index (Phi) is 4.79. The van der Waals surface area contributed by atoms with Crippen LogP contribution in [0.2, 0.25) is 0 Å². The van der Waals surface area contributed by atoms with Gasteiger partial charge in [-0.25, -0.2) is 0 Å². The molecule has 0 atom stereocenters. The third-order valence-electron chi connectivity index (χ3n) is 3.30. The molecular formula is C16H23P3+2. The van der Waals surface area contributed by atoms with Crippen molar-refractivity contribution in [1.29, 1.82) is 0 Å². The van der Waals surface area contributed by atoms with Crippen molar-refractivity contribution in [2.45, 2.75) is 0 Å². The fourth-order valence-corrected chi connectivity index (χ4v) is 24.3. The normalized spacial score (nSPS) is 12.4. The highest BCUT2D eigenvalue weighted by atomic mass is 32.5. The first-order valence-corrected chi connectivity index (χ1v) is 14.6. The van der Waals surface area contributed by atoms with E-state index in [1.54, 1.807) is 10.6 Å². The summed E-state index contributed by atoms with van der Waals surface area (Å²) in [6.45, 7) is 7.96. The molecule has 0 amide bonds. The van der Waals surface area contributed by atoms with Gasteiger partial charge in [-0.1, -0.05) is 36.4 Å². The van der Waals surface area contributed by atoms with Crippen LogP contribution in [-0.4, -0.2) is 26.7 Å². The Morgan fingerprint density at radius 3 is 1.21 bits per heavy atom. The van der Waals surface area contributed by atoms with Crippen molar-refractivity contribution in [1.82, 2.24) is 0 Å². The molecule has 0 nitrogen and oxygen atoms in total. The summed E-state index contributed by atoms with van der Waals surface area (Å²) < 4.78 is 0. The van der Waals surface area contributed by atoms with E-state index in [0.717, 1.165) is 7.96 Å². The van der Waals surface area contributed by atoms with Gasteiger partial charge in [-0.2, -0.15) is 0 Å². The minimum Gasteiger partial charge on any atom is -0.0620 e. The molecule has 0 bridgehead atoms. The molecule has 0 heterocycles. The lowest BCUT2D eigenvalue weighted by molar-refractivity contribution is 1.76. The summed E-state index contributed by atoms with van der Waals surface area (Å²) in [6.07, 6.45) is 0. The molecule has 2 aromatic rings. The molecule has 2 rings (SSSR count). The topological polar surface area (TPSA) is 0 Å². The van der Waals surface area contributed by atoms with Gasteiger partial charge in [-0.15, -0.1) is 0 Å². The highest BCUT2D eigenvalue weighted by Gasteiger charge is 2.44. The van der Waals surface area contributed by atoms with Gasteiger partial charge in [0.15, 0.2) is 0 Å². The van der Waals surface area contributed by atoms with Gasteiger partial charge < -0.3 is 0 Å². The first-order chi connectivity index (χ1) is 8.92. The van der Waals surface area contributed by atoms with Crippen molar-refractivity contribution < 1.29 is 0 Å². The third-order valence-corrected chi connectivity index (χ3v) is 21.0. The first kappa shape index (κ1) is 15.1. The van der Waals surface area contributed by atoms with Crippen LogP contribution in [0.4, 0.5) is 0 Å². The molecular weight excluding hydrogens is 285 g/mol. The van der Waals surface area contributed by atoms with Gasteiger partial charge in [0.2, 0.25) is 7.96 Å². The van der Waals surface area contributed by atoms with Crippen LogP contribution in [0.3, 0.4) is 0 Å². The van der Waals surface area contributed by atoms with Crippen LogP contribution in [0, 0.1) is 0 Å². The summed E-state index contributed by atoms with van der Waals surface area (Å²) in [4.78, 5) is 0. The zero-order chi connectivity index (χ0) is 13.9. The van der Waals surface area contributed by atoms with Crippen molar-refractivity contribution in [3.63, 3.8) is 0 Å². The molecule has 100 valence electrons. The van der Waals surface area contributed by atoms with Crippen molar-refractivity contribution in [2.24, 2.45) is 0 Å². The van der Waals surface area contributed by atoms with Gasteiger partial charge in [-0.05, 0) is 24.3 Å². The summed E-state index contributed by atoms with van der Waals surface area (Å²) in [5, 5.41) is 3.13. The Bertz CT molecular complexity index is 469. The minimum absolute atomic E-state index is 1.00. The maximum atomic E-state index is 2.49. The summed E-state index contributed by atoms with van der Waals surface area (Å²) in [5.74, 6) is 0. The maximum Gasteiger partial charge on any atom is 0.205 e. The van der Waals surface area contributed by atoms with E-state index >= 15 is 0 Å². The molecule has 0 aliphatic carbocycles. The quantitative estimate of drug-likeness (QED) is 0.718. The largest absolute Gasteiger partial charge is 0.205 e. The average Bonchev–Trinajstić information content (AvgIpc) is 2.40. The predicted molar refractivity (Wildman–Crippen MR) is 98.0 cm³/mol. The van der Waals surface area contributed by atoms with Crippen LogP contribution in [0.1, 0.15) is 0 Å². The van der Waals surface area contributed by atoms with Gasteiger partial charge in [0.1, 0.15) is 0 Å². The highest BCUT2D eigenvalue weighted by Crippen LogP contribution is 2.87. The van der Waals surface area contributed by atoms with E-state index < -0.39 is 13.9 Å². The average molecular weight is 308 g/mol. The van der Waals surface area contributed by atoms with Gasteiger partial charge in [0.05, 0.1) is 51.2 Å². The molecule has 2 aromatic carbocycles. The van der Waals surface area contributed by atoms with E-state index in [1.807, 2.05) is 0 Å². The molecule has 0 spiro atoms. The van der Waals surface area contributed by atoms with Crippen molar-refractivity contribution in [3.8, 4) is 0 Å². The molecule has 0 aromatic heterocycles. The second kappa shape index (κ2) is 6.01. The van der Waals surface area contributed by atoms with E-state index in [0.29, 0.717) is 0 Å². The van der Waals surface area contributed by atoms with E-state index in [-0.39, 0.29) is 0 Å². The van der Waals surface area contributed by atoms with Gasteiger partial charge in [0.25, 0.3) is 0 Å².